The zero-order chi connectivity index (χ0) is 18.6. The van der Waals surface area contributed by atoms with E-state index in [0.717, 1.165) is 19.2 Å². The standard InChI is InChI=1S/C19H25F3N2O/c1-17(2)15(18(3,4)16(17)25)24-10-8-23(9-11-24)14-7-5-6-13(12-14)19(20,21)22/h5-7,12,15H,8-11H2,1-4H3. The third kappa shape index (κ3) is 2.94. The number of hydrogen-bond acceptors (Lipinski definition) is 3. The van der Waals surface area contributed by atoms with Crippen LogP contribution in [-0.4, -0.2) is 42.9 Å². The number of carbonyl (C=O) groups is 1. The first-order chi connectivity index (χ1) is 11.5. The van der Waals surface area contributed by atoms with Crippen LogP contribution in [0.3, 0.4) is 0 Å². The Labute approximate surface area is 146 Å². The molecule has 0 aromatic heterocycles. The van der Waals surface area contributed by atoms with Gasteiger partial charge >= 0.3 is 6.18 Å². The average molecular weight is 354 g/mol. The van der Waals surface area contributed by atoms with Crippen LogP contribution in [0.2, 0.25) is 0 Å². The number of piperazine rings is 1. The van der Waals surface area contributed by atoms with Gasteiger partial charge in [-0.1, -0.05) is 33.8 Å². The Bertz CT molecular complexity index is 655. The summed E-state index contributed by atoms with van der Waals surface area (Å²) in [5, 5.41) is 0. The summed E-state index contributed by atoms with van der Waals surface area (Å²) in [7, 11) is 0. The minimum Gasteiger partial charge on any atom is -0.369 e. The molecule has 0 radical (unpaired) electrons. The molecule has 0 amide bonds. The molecule has 0 unspecified atom stereocenters. The summed E-state index contributed by atoms with van der Waals surface area (Å²) < 4.78 is 38.7. The van der Waals surface area contributed by atoms with Crippen LogP contribution < -0.4 is 4.90 Å². The summed E-state index contributed by atoms with van der Waals surface area (Å²) in [5.74, 6) is 0.283. The molecule has 1 heterocycles. The number of anilines is 1. The Kier molecular flexibility index (Phi) is 4.18. The molecule has 138 valence electrons. The highest BCUT2D eigenvalue weighted by atomic mass is 19.4. The highest BCUT2D eigenvalue weighted by Gasteiger charge is 2.63. The summed E-state index contributed by atoms with van der Waals surface area (Å²) in [6.07, 6.45) is -4.32. The number of ketones is 1. The second-order valence-corrected chi connectivity index (χ2v) is 8.25. The maximum Gasteiger partial charge on any atom is 0.416 e. The van der Waals surface area contributed by atoms with E-state index in [1.165, 1.54) is 12.1 Å². The molecule has 0 atom stereocenters. The Morgan fingerprint density at radius 3 is 2.08 bits per heavy atom. The lowest BCUT2D eigenvalue weighted by molar-refractivity contribution is -0.170. The minimum atomic E-state index is -4.32. The van der Waals surface area contributed by atoms with Gasteiger partial charge in [-0.25, -0.2) is 0 Å². The fourth-order valence-corrected chi connectivity index (χ4v) is 4.93. The summed E-state index contributed by atoms with van der Waals surface area (Å²) in [4.78, 5) is 16.6. The number of Topliss-reactive ketones (excluding diaryl/α,β-unsaturated/α-hetero) is 1. The molecule has 6 heteroatoms. The highest BCUT2D eigenvalue weighted by molar-refractivity contribution is 5.97. The number of benzene rings is 1. The SMILES string of the molecule is CC1(C)C(=O)C(C)(C)C1N1CCN(c2cccc(C(F)(F)F)c2)CC1. The molecule has 1 saturated heterocycles. The number of hydrogen-bond donors (Lipinski definition) is 0. The maximum absolute atomic E-state index is 12.9. The van der Waals surface area contributed by atoms with Crippen molar-refractivity contribution in [2.75, 3.05) is 31.1 Å². The third-order valence-electron chi connectivity index (χ3n) is 5.76. The van der Waals surface area contributed by atoms with Crippen LogP contribution in [0.4, 0.5) is 18.9 Å². The molecule has 1 aliphatic carbocycles. The molecule has 3 rings (SSSR count). The van der Waals surface area contributed by atoms with Crippen LogP contribution in [0.5, 0.6) is 0 Å². The first kappa shape index (κ1) is 18.2. The molecular formula is C19H25F3N2O. The Balaban J connectivity index is 1.70. The van der Waals surface area contributed by atoms with E-state index in [4.69, 9.17) is 0 Å². The normalized spacial score (nSPS) is 24.3. The molecule has 0 bridgehead atoms. The van der Waals surface area contributed by atoms with Crippen molar-refractivity contribution in [2.24, 2.45) is 10.8 Å². The number of rotatable bonds is 2. The van der Waals surface area contributed by atoms with Crippen molar-refractivity contribution in [1.29, 1.82) is 0 Å². The third-order valence-corrected chi connectivity index (χ3v) is 5.76. The molecule has 0 N–H and O–H groups in total. The summed E-state index contributed by atoms with van der Waals surface area (Å²) >= 11 is 0. The lowest BCUT2D eigenvalue weighted by Gasteiger charge is -2.60. The van der Waals surface area contributed by atoms with Crippen molar-refractivity contribution >= 4 is 11.5 Å². The molecule has 1 aromatic carbocycles. The van der Waals surface area contributed by atoms with Crippen molar-refractivity contribution in [2.45, 2.75) is 39.9 Å². The summed E-state index contributed by atoms with van der Waals surface area (Å²) in [6, 6.07) is 5.69. The summed E-state index contributed by atoms with van der Waals surface area (Å²) in [5.41, 5.74) is -0.721. The average Bonchev–Trinajstić information content (AvgIpc) is 2.54. The maximum atomic E-state index is 12.9. The Hall–Kier alpha value is -1.56. The highest BCUT2D eigenvalue weighted by Crippen LogP contribution is 2.53. The molecule has 2 aliphatic rings. The van der Waals surface area contributed by atoms with Crippen LogP contribution in [-0.2, 0) is 11.0 Å². The van der Waals surface area contributed by atoms with Crippen LogP contribution in [0.25, 0.3) is 0 Å². The molecule has 1 aliphatic heterocycles. The van der Waals surface area contributed by atoms with Gasteiger partial charge in [0.05, 0.1) is 5.56 Å². The lowest BCUT2D eigenvalue weighted by Crippen LogP contribution is -2.72. The van der Waals surface area contributed by atoms with E-state index in [0.29, 0.717) is 18.8 Å². The van der Waals surface area contributed by atoms with Gasteiger partial charge in [-0.3, -0.25) is 9.69 Å². The zero-order valence-corrected chi connectivity index (χ0v) is 15.2. The van der Waals surface area contributed by atoms with Crippen molar-refractivity contribution in [3.63, 3.8) is 0 Å². The second-order valence-electron chi connectivity index (χ2n) is 8.25. The van der Waals surface area contributed by atoms with Crippen molar-refractivity contribution in [3.05, 3.63) is 29.8 Å². The number of carbonyl (C=O) groups excluding carboxylic acids is 1. The van der Waals surface area contributed by atoms with E-state index >= 15 is 0 Å². The minimum absolute atomic E-state index is 0.177. The van der Waals surface area contributed by atoms with Crippen LogP contribution in [0.15, 0.2) is 24.3 Å². The molecule has 25 heavy (non-hydrogen) atoms. The smallest absolute Gasteiger partial charge is 0.369 e. The van der Waals surface area contributed by atoms with Gasteiger partial charge in [-0.15, -0.1) is 0 Å². The molecule has 1 saturated carbocycles. The van der Waals surface area contributed by atoms with E-state index in [1.807, 2.05) is 32.6 Å². The van der Waals surface area contributed by atoms with E-state index in [2.05, 4.69) is 4.90 Å². The van der Waals surface area contributed by atoms with Crippen molar-refractivity contribution < 1.29 is 18.0 Å². The predicted molar refractivity (Wildman–Crippen MR) is 91.6 cm³/mol. The molecule has 2 fully saturated rings. The van der Waals surface area contributed by atoms with E-state index in [1.54, 1.807) is 6.07 Å². The predicted octanol–water partition coefficient (Wildman–Crippen LogP) is 3.83. The molecule has 1 aromatic rings. The fraction of sp³-hybridized carbons (Fsp3) is 0.632. The van der Waals surface area contributed by atoms with E-state index in [-0.39, 0.29) is 22.7 Å². The molecule has 0 spiro atoms. The zero-order valence-electron chi connectivity index (χ0n) is 15.2. The molecule has 3 nitrogen and oxygen atoms in total. The monoisotopic (exact) mass is 354 g/mol. The van der Waals surface area contributed by atoms with Crippen LogP contribution in [0.1, 0.15) is 33.3 Å². The first-order valence-corrected chi connectivity index (χ1v) is 8.67. The van der Waals surface area contributed by atoms with Gasteiger partial charge in [0.25, 0.3) is 0 Å². The van der Waals surface area contributed by atoms with Gasteiger partial charge in [0.2, 0.25) is 0 Å². The van der Waals surface area contributed by atoms with Crippen LogP contribution in [0, 0.1) is 10.8 Å². The first-order valence-electron chi connectivity index (χ1n) is 8.67. The second kappa shape index (κ2) is 5.73. The number of halogens is 3. The van der Waals surface area contributed by atoms with E-state index < -0.39 is 11.7 Å². The lowest BCUT2D eigenvalue weighted by atomic mass is 9.50. The van der Waals surface area contributed by atoms with Gasteiger partial charge in [0.15, 0.2) is 0 Å². The fourth-order valence-electron chi connectivity index (χ4n) is 4.93. The number of nitrogens with zero attached hydrogens (tertiary/aromatic N) is 2. The topological polar surface area (TPSA) is 23.6 Å². The largest absolute Gasteiger partial charge is 0.416 e. The van der Waals surface area contributed by atoms with Crippen molar-refractivity contribution in [3.8, 4) is 0 Å². The van der Waals surface area contributed by atoms with Gasteiger partial charge < -0.3 is 4.90 Å². The van der Waals surface area contributed by atoms with Crippen molar-refractivity contribution in [1.82, 2.24) is 4.90 Å². The van der Waals surface area contributed by atoms with Gasteiger partial charge in [0, 0.05) is 48.7 Å². The van der Waals surface area contributed by atoms with Gasteiger partial charge in [0.1, 0.15) is 5.78 Å². The Morgan fingerprint density at radius 1 is 1.00 bits per heavy atom. The van der Waals surface area contributed by atoms with Crippen LogP contribution >= 0.6 is 0 Å². The number of alkyl halides is 3. The Morgan fingerprint density at radius 2 is 1.56 bits per heavy atom. The van der Waals surface area contributed by atoms with Gasteiger partial charge in [-0.2, -0.15) is 13.2 Å². The van der Waals surface area contributed by atoms with E-state index in [9.17, 15) is 18.0 Å². The quantitative estimate of drug-likeness (QED) is 0.806. The van der Waals surface area contributed by atoms with Gasteiger partial charge in [-0.05, 0) is 18.2 Å². The molecular weight excluding hydrogens is 329 g/mol. The summed E-state index contributed by atoms with van der Waals surface area (Å²) in [6.45, 7) is 10.8.